The topological polar surface area (TPSA) is 37.7 Å². The Kier molecular flexibility index (Phi) is 5.00. The second-order valence-corrected chi connectivity index (χ2v) is 6.39. The van der Waals surface area contributed by atoms with Crippen molar-refractivity contribution >= 4 is 16.6 Å². The Morgan fingerprint density at radius 3 is 2.71 bits per heavy atom. The fourth-order valence-electron chi connectivity index (χ4n) is 3.40. The Balaban J connectivity index is 0.00000169. The van der Waals surface area contributed by atoms with E-state index in [1.807, 2.05) is 16.4 Å². The fraction of sp³-hybridized carbons (Fsp3) is 0.471. The van der Waals surface area contributed by atoms with E-state index < -0.39 is 5.82 Å². The zero-order chi connectivity index (χ0) is 16.1. The predicted octanol–water partition coefficient (Wildman–Crippen LogP) is 1.64. The Labute approximate surface area is 165 Å². The van der Waals surface area contributed by atoms with Crippen LogP contribution in [0.25, 0.3) is 10.9 Å². The molecule has 7 heteroatoms. The largest absolute Gasteiger partial charge is 0.489 e. The number of halogens is 1. The molecular weight excluding hydrogens is 386 g/mol. The first-order valence-electron chi connectivity index (χ1n) is 7.91. The summed E-state index contributed by atoms with van der Waals surface area (Å²) in [4.78, 5) is 16.3. The van der Waals surface area contributed by atoms with Crippen molar-refractivity contribution in [3.63, 3.8) is 0 Å². The van der Waals surface area contributed by atoms with Crippen molar-refractivity contribution in [3.8, 4) is 5.75 Å². The van der Waals surface area contributed by atoms with Gasteiger partial charge < -0.3 is 23.9 Å². The molecule has 0 saturated carbocycles. The molecule has 1 atom stereocenters. The Morgan fingerprint density at radius 2 is 2.00 bits per heavy atom. The van der Waals surface area contributed by atoms with Crippen LogP contribution in [0.4, 0.5) is 10.1 Å². The number of hydrogen-bond acceptors (Lipinski definition) is 4. The number of ether oxygens (including phenoxy) is 1. The second-order valence-electron chi connectivity index (χ2n) is 6.39. The van der Waals surface area contributed by atoms with Gasteiger partial charge in [0.05, 0.1) is 6.04 Å². The van der Waals surface area contributed by atoms with Gasteiger partial charge in [0.1, 0.15) is 18.1 Å². The molecule has 1 saturated heterocycles. The molecule has 1 aromatic heterocycles. The van der Waals surface area contributed by atoms with Gasteiger partial charge in [0, 0.05) is 69.8 Å². The molecule has 2 aliphatic rings. The average Bonchev–Trinajstić information content (AvgIpc) is 2.54. The summed E-state index contributed by atoms with van der Waals surface area (Å²) < 4.78 is 22.6. The molecule has 0 aliphatic carbocycles. The van der Waals surface area contributed by atoms with Crippen molar-refractivity contribution in [2.24, 2.45) is 0 Å². The standard InChI is InChI=1S/C17H19FN3O2.Y/c1-11-10-23-17-15-12(14(22)3-4-21(11)15)9-13(18)16(17)20-7-5-19(2)6-8-20;/h4,9,11H,5-8,10H2,1-2H3;/q-1;/t11-;/m0./s1. The molecule has 0 bridgehead atoms. The summed E-state index contributed by atoms with van der Waals surface area (Å²) in [5.41, 5.74) is 0.874. The molecule has 5 nitrogen and oxygen atoms in total. The van der Waals surface area contributed by atoms with Gasteiger partial charge in [0.15, 0.2) is 5.75 Å². The van der Waals surface area contributed by atoms with E-state index in [9.17, 15) is 9.18 Å². The minimum Gasteiger partial charge on any atom is -0.489 e. The number of hydrogen-bond donors (Lipinski definition) is 0. The molecular formula is C17H19FN3O2Y-. The van der Waals surface area contributed by atoms with E-state index in [1.54, 1.807) is 6.20 Å². The minimum absolute atomic E-state index is 0. The van der Waals surface area contributed by atoms with Gasteiger partial charge in [0.25, 0.3) is 0 Å². The second kappa shape index (κ2) is 6.73. The number of likely N-dealkylation sites (N-methyl/N-ethyl adjacent to an activating group) is 1. The number of benzene rings is 1. The molecule has 1 aromatic carbocycles. The van der Waals surface area contributed by atoms with E-state index in [0.29, 0.717) is 28.9 Å². The van der Waals surface area contributed by atoms with Gasteiger partial charge in [-0.05, 0) is 14.0 Å². The first-order chi connectivity index (χ1) is 11.1. The van der Waals surface area contributed by atoms with E-state index >= 15 is 0 Å². The van der Waals surface area contributed by atoms with E-state index in [0.717, 1.165) is 26.2 Å². The fourth-order valence-corrected chi connectivity index (χ4v) is 3.40. The summed E-state index contributed by atoms with van der Waals surface area (Å²) in [6, 6.07) is 4.11. The SMILES string of the molecule is C[C@H]1COc2c(N3CCN(C)CC3)c(F)cc3c(=O)[c-]cn1c23.[Y]. The van der Waals surface area contributed by atoms with Crippen LogP contribution in [0.15, 0.2) is 17.1 Å². The van der Waals surface area contributed by atoms with Gasteiger partial charge in [0.2, 0.25) is 0 Å². The van der Waals surface area contributed by atoms with Gasteiger partial charge in [-0.15, -0.1) is 0 Å². The summed E-state index contributed by atoms with van der Waals surface area (Å²) in [5.74, 6) is 0.101. The Morgan fingerprint density at radius 1 is 1.29 bits per heavy atom. The normalized spacial score (nSPS) is 20.6. The first-order valence-corrected chi connectivity index (χ1v) is 7.91. The molecule has 0 amide bonds. The van der Waals surface area contributed by atoms with Crippen LogP contribution in [0.1, 0.15) is 13.0 Å². The van der Waals surface area contributed by atoms with E-state index in [-0.39, 0.29) is 44.2 Å². The summed E-state index contributed by atoms with van der Waals surface area (Å²) >= 11 is 0. The zero-order valence-corrected chi connectivity index (χ0v) is 16.7. The number of piperazine rings is 1. The maximum atomic E-state index is 14.8. The quantitative estimate of drug-likeness (QED) is 0.677. The third kappa shape index (κ3) is 2.78. The van der Waals surface area contributed by atoms with Crippen LogP contribution in [0.5, 0.6) is 5.75 Å². The van der Waals surface area contributed by atoms with Crippen molar-refractivity contribution < 1.29 is 41.8 Å². The molecule has 24 heavy (non-hydrogen) atoms. The smallest absolute Gasteiger partial charge is 0.151 e. The molecule has 1 radical (unpaired) electrons. The number of pyridine rings is 1. The Hall–Kier alpha value is -0.976. The third-order valence-electron chi connectivity index (χ3n) is 4.78. The molecule has 125 valence electrons. The van der Waals surface area contributed by atoms with Crippen molar-refractivity contribution in [3.05, 3.63) is 34.4 Å². The van der Waals surface area contributed by atoms with Crippen LogP contribution in [0.2, 0.25) is 0 Å². The monoisotopic (exact) mass is 405 g/mol. The van der Waals surface area contributed by atoms with Crippen LogP contribution in [0.3, 0.4) is 0 Å². The minimum atomic E-state index is -0.394. The van der Waals surface area contributed by atoms with E-state index in [2.05, 4.69) is 18.0 Å². The third-order valence-corrected chi connectivity index (χ3v) is 4.78. The molecule has 3 heterocycles. The summed E-state index contributed by atoms with van der Waals surface area (Å²) in [7, 11) is 2.06. The number of aromatic nitrogens is 1. The Bertz CT molecular complexity index is 831. The van der Waals surface area contributed by atoms with E-state index in [4.69, 9.17) is 4.74 Å². The van der Waals surface area contributed by atoms with Crippen LogP contribution in [-0.4, -0.2) is 49.3 Å². The predicted molar refractivity (Wildman–Crippen MR) is 86.9 cm³/mol. The van der Waals surface area contributed by atoms with Crippen molar-refractivity contribution in [1.82, 2.24) is 9.47 Å². The van der Waals surface area contributed by atoms with Crippen LogP contribution in [0, 0.1) is 11.9 Å². The molecule has 0 spiro atoms. The molecule has 2 aliphatic heterocycles. The summed E-state index contributed by atoms with van der Waals surface area (Å²) in [5, 5.41) is 0.337. The van der Waals surface area contributed by atoms with Crippen LogP contribution >= 0.6 is 0 Å². The maximum Gasteiger partial charge on any atom is 0.151 e. The number of anilines is 1. The van der Waals surface area contributed by atoms with Crippen molar-refractivity contribution in [2.45, 2.75) is 13.0 Å². The van der Waals surface area contributed by atoms with Gasteiger partial charge >= 0.3 is 0 Å². The van der Waals surface area contributed by atoms with Crippen molar-refractivity contribution in [1.29, 1.82) is 0 Å². The molecule has 1 fully saturated rings. The van der Waals surface area contributed by atoms with Crippen LogP contribution in [-0.2, 0) is 32.7 Å². The molecule has 4 rings (SSSR count). The van der Waals surface area contributed by atoms with Gasteiger partial charge in [-0.25, -0.2) is 4.39 Å². The molecule has 0 N–H and O–H groups in total. The van der Waals surface area contributed by atoms with Gasteiger partial charge in [-0.2, -0.15) is 6.07 Å². The average molecular weight is 405 g/mol. The van der Waals surface area contributed by atoms with Gasteiger partial charge in [-0.3, -0.25) is 0 Å². The first kappa shape index (κ1) is 17.8. The summed E-state index contributed by atoms with van der Waals surface area (Å²) in [6.45, 7) is 5.72. The number of nitrogens with zero attached hydrogens (tertiary/aromatic N) is 3. The molecule has 2 aromatic rings. The van der Waals surface area contributed by atoms with Gasteiger partial charge in [-0.1, -0.05) is 17.6 Å². The van der Waals surface area contributed by atoms with E-state index in [1.165, 1.54) is 6.07 Å². The molecule has 0 unspecified atom stereocenters. The maximum absolute atomic E-state index is 14.8. The van der Waals surface area contributed by atoms with Crippen molar-refractivity contribution in [2.75, 3.05) is 44.7 Å². The summed E-state index contributed by atoms with van der Waals surface area (Å²) in [6.07, 6.45) is 1.66. The zero-order valence-electron chi connectivity index (χ0n) is 13.9. The number of rotatable bonds is 1. The van der Waals surface area contributed by atoms with Crippen LogP contribution < -0.4 is 15.1 Å².